The maximum absolute atomic E-state index is 11.9. The van der Waals surface area contributed by atoms with E-state index in [2.05, 4.69) is 0 Å². The Kier molecular flexibility index (Phi) is 3.58. The maximum atomic E-state index is 11.9. The van der Waals surface area contributed by atoms with Crippen molar-refractivity contribution in [3.63, 3.8) is 0 Å². The van der Waals surface area contributed by atoms with E-state index in [-0.39, 0.29) is 12.4 Å². The zero-order valence-corrected chi connectivity index (χ0v) is 10.3. The van der Waals surface area contributed by atoms with Crippen LogP contribution in [-0.4, -0.2) is 43.3 Å². The molecule has 4 nitrogen and oxygen atoms in total. The van der Waals surface area contributed by atoms with Crippen LogP contribution in [0.2, 0.25) is 0 Å². The number of hydrogen-bond donors (Lipinski definition) is 1. The number of nitrogens with zero attached hydrogens (tertiary/aromatic N) is 1. The lowest BCUT2D eigenvalue weighted by Gasteiger charge is -2.25. The normalized spacial score (nSPS) is 19.3. The van der Waals surface area contributed by atoms with Crippen LogP contribution in [0.25, 0.3) is 0 Å². The van der Waals surface area contributed by atoms with Crippen molar-refractivity contribution in [2.45, 2.75) is 20.8 Å². The van der Waals surface area contributed by atoms with Gasteiger partial charge >= 0.3 is 0 Å². The first kappa shape index (κ1) is 12.7. The van der Waals surface area contributed by atoms with Gasteiger partial charge in [-0.2, -0.15) is 4.31 Å². The van der Waals surface area contributed by atoms with Gasteiger partial charge in [-0.25, -0.2) is 8.42 Å². The summed E-state index contributed by atoms with van der Waals surface area (Å²) in [7, 11) is -3.24. The van der Waals surface area contributed by atoms with Crippen molar-refractivity contribution in [3.8, 4) is 0 Å². The number of hydrogen-bond acceptors (Lipinski definition) is 3. The molecular weight excluding hydrogens is 214 g/mol. The zero-order chi connectivity index (χ0) is 11.7. The molecule has 88 valence electrons. The molecule has 0 aromatic heterocycles. The monoisotopic (exact) mass is 233 g/mol. The summed E-state index contributed by atoms with van der Waals surface area (Å²) in [6.45, 7) is 6.26. The summed E-state index contributed by atoms with van der Waals surface area (Å²) in [5.41, 5.74) is 0.510. The number of sulfonamides is 1. The van der Waals surface area contributed by atoms with Gasteiger partial charge in [-0.15, -0.1) is 0 Å². The van der Waals surface area contributed by atoms with Crippen LogP contribution in [0.15, 0.2) is 11.6 Å². The molecule has 1 heterocycles. The molecule has 0 spiro atoms. The molecule has 0 aromatic carbocycles. The molecule has 0 aliphatic carbocycles. The first-order chi connectivity index (χ1) is 6.77. The predicted octanol–water partition coefficient (Wildman–Crippen LogP) is 0.597. The van der Waals surface area contributed by atoms with Gasteiger partial charge in [0.25, 0.3) is 0 Å². The summed E-state index contributed by atoms with van der Waals surface area (Å²) >= 11 is 0. The van der Waals surface area contributed by atoms with Gasteiger partial charge in [0.15, 0.2) is 0 Å². The highest BCUT2D eigenvalue weighted by Gasteiger charge is 2.31. The minimum absolute atomic E-state index is 0.00236. The van der Waals surface area contributed by atoms with Gasteiger partial charge in [0.05, 0.1) is 5.75 Å². The highest BCUT2D eigenvalue weighted by atomic mass is 32.2. The van der Waals surface area contributed by atoms with E-state index in [1.54, 1.807) is 13.8 Å². The van der Waals surface area contributed by atoms with E-state index in [1.165, 1.54) is 4.31 Å². The van der Waals surface area contributed by atoms with Gasteiger partial charge in [-0.05, 0) is 6.92 Å². The van der Waals surface area contributed by atoms with Gasteiger partial charge in [0, 0.05) is 25.1 Å². The predicted molar refractivity (Wildman–Crippen MR) is 60.0 cm³/mol. The van der Waals surface area contributed by atoms with Crippen molar-refractivity contribution < 1.29 is 13.5 Å². The number of aliphatic hydroxyl groups is 1. The molecule has 0 amide bonds. The summed E-state index contributed by atoms with van der Waals surface area (Å²) in [6.07, 6.45) is 1.92. The SMILES string of the molecule is CC1=CCN(S(=O)(=O)CC(C)(C)CO)C1. The van der Waals surface area contributed by atoms with E-state index < -0.39 is 15.4 Å². The van der Waals surface area contributed by atoms with E-state index >= 15 is 0 Å². The van der Waals surface area contributed by atoms with Crippen molar-refractivity contribution in [2.24, 2.45) is 5.41 Å². The van der Waals surface area contributed by atoms with Crippen LogP contribution in [0, 0.1) is 5.41 Å². The van der Waals surface area contributed by atoms with Crippen molar-refractivity contribution in [3.05, 3.63) is 11.6 Å². The molecule has 1 N–H and O–H groups in total. The third-order valence-electron chi connectivity index (χ3n) is 2.46. The van der Waals surface area contributed by atoms with E-state index in [4.69, 9.17) is 5.11 Å². The van der Waals surface area contributed by atoms with Crippen LogP contribution < -0.4 is 0 Å². The van der Waals surface area contributed by atoms with Crippen LogP contribution in [0.5, 0.6) is 0 Å². The number of aliphatic hydroxyl groups excluding tert-OH is 1. The molecule has 0 atom stereocenters. The fourth-order valence-electron chi connectivity index (χ4n) is 1.51. The Balaban J connectivity index is 2.69. The minimum atomic E-state index is -3.24. The van der Waals surface area contributed by atoms with Crippen molar-refractivity contribution in [2.75, 3.05) is 25.4 Å². The minimum Gasteiger partial charge on any atom is -0.396 e. The van der Waals surface area contributed by atoms with Crippen molar-refractivity contribution in [1.29, 1.82) is 0 Å². The Morgan fingerprint density at radius 1 is 1.53 bits per heavy atom. The molecule has 1 aliphatic rings. The van der Waals surface area contributed by atoms with Crippen molar-refractivity contribution in [1.82, 2.24) is 4.31 Å². The second-order valence-electron chi connectivity index (χ2n) is 4.92. The summed E-state index contributed by atoms with van der Waals surface area (Å²) in [5, 5.41) is 9.06. The third-order valence-corrected chi connectivity index (χ3v) is 4.67. The molecule has 0 unspecified atom stereocenters. The van der Waals surface area contributed by atoms with Gasteiger partial charge in [-0.1, -0.05) is 25.5 Å². The van der Waals surface area contributed by atoms with Crippen LogP contribution >= 0.6 is 0 Å². The molecule has 0 saturated carbocycles. The molecular formula is C10H19NO3S. The van der Waals surface area contributed by atoms with Crippen LogP contribution in [0.4, 0.5) is 0 Å². The molecule has 0 radical (unpaired) electrons. The van der Waals surface area contributed by atoms with Gasteiger partial charge in [-0.3, -0.25) is 0 Å². The standard InChI is InChI=1S/C10H19NO3S/c1-9-4-5-11(6-9)15(13,14)8-10(2,3)7-12/h4,12H,5-8H2,1-3H3. The van der Waals surface area contributed by atoms with Crippen molar-refractivity contribution >= 4 is 10.0 Å². The molecule has 0 fully saturated rings. The summed E-state index contributed by atoms with van der Waals surface area (Å²) < 4.78 is 25.3. The maximum Gasteiger partial charge on any atom is 0.215 e. The van der Waals surface area contributed by atoms with E-state index in [0.29, 0.717) is 13.1 Å². The molecule has 1 rings (SSSR count). The zero-order valence-electron chi connectivity index (χ0n) is 9.52. The third kappa shape index (κ3) is 3.29. The summed E-state index contributed by atoms with van der Waals surface area (Å²) in [5.74, 6) is -0.00236. The summed E-state index contributed by atoms with van der Waals surface area (Å²) in [4.78, 5) is 0. The Morgan fingerprint density at radius 3 is 2.53 bits per heavy atom. The van der Waals surface area contributed by atoms with Crippen LogP contribution in [0.3, 0.4) is 0 Å². The van der Waals surface area contributed by atoms with Gasteiger partial charge in [0.2, 0.25) is 10.0 Å². The first-order valence-corrected chi connectivity index (χ1v) is 6.62. The topological polar surface area (TPSA) is 57.6 Å². The summed E-state index contributed by atoms with van der Waals surface area (Å²) in [6, 6.07) is 0. The molecule has 0 bridgehead atoms. The Hall–Kier alpha value is -0.390. The Morgan fingerprint density at radius 2 is 2.13 bits per heavy atom. The van der Waals surface area contributed by atoms with Crippen LogP contribution in [0.1, 0.15) is 20.8 Å². The van der Waals surface area contributed by atoms with E-state index in [9.17, 15) is 8.42 Å². The highest BCUT2D eigenvalue weighted by molar-refractivity contribution is 7.89. The lowest BCUT2D eigenvalue weighted by atomic mass is 9.98. The molecule has 5 heteroatoms. The quantitative estimate of drug-likeness (QED) is 0.723. The fraction of sp³-hybridized carbons (Fsp3) is 0.800. The smallest absolute Gasteiger partial charge is 0.215 e. The second-order valence-corrected chi connectivity index (χ2v) is 6.89. The average Bonchev–Trinajstić information content (AvgIpc) is 2.51. The Bertz CT molecular complexity index is 357. The fourth-order valence-corrected chi connectivity index (χ4v) is 3.47. The second kappa shape index (κ2) is 4.23. The highest BCUT2D eigenvalue weighted by Crippen LogP contribution is 2.21. The lowest BCUT2D eigenvalue weighted by Crippen LogP contribution is -2.38. The first-order valence-electron chi connectivity index (χ1n) is 5.01. The van der Waals surface area contributed by atoms with E-state index in [0.717, 1.165) is 5.57 Å². The van der Waals surface area contributed by atoms with Crippen LogP contribution in [-0.2, 0) is 10.0 Å². The average molecular weight is 233 g/mol. The number of rotatable bonds is 4. The largest absolute Gasteiger partial charge is 0.396 e. The Labute approximate surface area is 91.6 Å². The molecule has 15 heavy (non-hydrogen) atoms. The molecule has 0 saturated heterocycles. The van der Waals surface area contributed by atoms with E-state index in [1.807, 2.05) is 13.0 Å². The van der Waals surface area contributed by atoms with Gasteiger partial charge in [0.1, 0.15) is 0 Å². The lowest BCUT2D eigenvalue weighted by molar-refractivity contribution is 0.177. The molecule has 1 aliphatic heterocycles. The van der Waals surface area contributed by atoms with Gasteiger partial charge < -0.3 is 5.11 Å². The molecule has 0 aromatic rings.